The third-order valence-electron chi connectivity index (χ3n) is 11.2. The number of aromatic nitrogens is 2. The van der Waals surface area contributed by atoms with Gasteiger partial charge in [-0.2, -0.15) is 0 Å². The molecule has 2 aromatic heterocycles. The van der Waals surface area contributed by atoms with Gasteiger partial charge in [-0.25, -0.2) is 17.6 Å². The molecule has 45 heavy (non-hydrogen) atoms. The number of benzene rings is 1. The smallest absolute Gasteiger partial charge is 0.248 e. The molecule has 0 aliphatic heterocycles. The Bertz CT molecular complexity index is 1540. The van der Waals surface area contributed by atoms with E-state index >= 15 is 0 Å². The van der Waals surface area contributed by atoms with Crippen LogP contribution in [-0.2, 0) is 23.7 Å². The van der Waals surface area contributed by atoms with Gasteiger partial charge in [0, 0.05) is 77.7 Å². The molecule has 0 spiro atoms. The van der Waals surface area contributed by atoms with Gasteiger partial charge in [0.15, 0.2) is 0 Å². The number of rotatable bonds is 9. The minimum Gasteiger partial charge on any atom is -0.366 e. The number of carbonyl (C=O) groups excluding carboxylic acids is 1. The van der Waals surface area contributed by atoms with Gasteiger partial charge in [-0.3, -0.25) is 14.8 Å². The van der Waals surface area contributed by atoms with Crippen molar-refractivity contribution in [1.29, 1.82) is 0 Å². The maximum absolute atomic E-state index is 14.6. The number of hydrogen-bond acceptors (Lipinski definition) is 3. The molecule has 4 aliphatic carbocycles. The summed E-state index contributed by atoms with van der Waals surface area (Å²) >= 11 is 0. The fourth-order valence-electron chi connectivity index (χ4n) is 7.95. The summed E-state index contributed by atoms with van der Waals surface area (Å²) in [6.45, 7) is 0. The molecule has 4 aliphatic rings. The van der Waals surface area contributed by atoms with Crippen molar-refractivity contribution >= 4 is 5.91 Å². The molecular weight excluding hydrogens is 578 g/mol. The summed E-state index contributed by atoms with van der Waals surface area (Å²) in [4.78, 5) is 22.4. The van der Waals surface area contributed by atoms with E-state index in [0.717, 1.165) is 59.3 Å². The predicted octanol–water partition coefficient (Wildman–Crippen LogP) is 8.71. The molecule has 3 aromatic rings. The van der Waals surface area contributed by atoms with Crippen LogP contribution in [0, 0.1) is 0 Å². The van der Waals surface area contributed by atoms with Crippen molar-refractivity contribution in [2.24, 2.45) is 5.73 Å². The Morgan fingerprint density at radius 2 is 1.13 bits per heavy atom. The Labute approximate surface area is 262 Å². The summed E-state index contributed by atoms with van der Waals surface area (Å²) in [5, 5.41) is 0. The van der Waals surface area contributed by atoms with E-state index in [4.69, 9.17) is 15.7 Å². The van der Waals surface area contributed by atoms with Gasteiger partial charge in [0.2, 0.25) is 17.8 Å². The van der Waals surface area contributed by atoms with Gasteiger partial charge in [0.1, 0.15) is 0 Å². The van der Waals surface area contributed by atoms with Gasteiger partial charge in [-0.05, 0) is 105 Å². The van der Waals surface area contributed by atoms with Crippen molar-refractivity contribution in [2.75, 3.05) is 0 Å². The highest BCUT2D eigenvalue weighted by Gasteiger charge is 2.47. The molecule has 0 radical (unpaired) electrons. The van der Waals surface area contributed by atoms with E-state index in [2.05, 4.69) is 6.07 Å². The van der Waals surface area contributed by atoms with E-state index in [9.17, 15) is 22.4 Å². The summed E-state index contributed by atoms with van der Waals surface area (Å²) in [7, 11) is 0. The van der Waals surface area contributed by atoms with Crippen LogP contribution in [0.2, 0.25) is 0 Å². The normalized spacial score (nSPS) is 23.4. The van der Waals surface area contributed by atoms with Gasteiger partial charge in [-0.1, -0.05) is 24.3 Å². The number of carbonyl (C=O) groups is 1. The minimum absolute atomic E-state index is 0.222. The molecule has 0 unspecified atom stereocenters. The van der Waals surface area contributed by atoms with E-state index in [1.54, 1.807) is 12.1 Å². The molecule has 4 nitrogen and oxygen atoms in total. The first-order chi connectivity index (χ1) is 21.5. The maximum Gasteiger partial charge on any atom is 0.248 e. The Hall–Kier alpha value is -3.29. The average molecular weight is 620 g/mol. The van der Waals surface area contributed by atoms with Crippen LogP contribution in [0.4, 0.5) is 17.6 Å². The Morgan fingerprint density at radius 3 is 1.53 bits per heavy atom. The van der Waals surface area contributed by atoms with Crippen molar-refractivity contribution in [3.8, 4) is 0 Å². The van der Waals surface area contributed by atoms with Crippen LogP contribution in [0.3, 0.4) is 0 Å². The first-order valence-electron chi connectivity index (χ1n) is 16.6. The van der Waals surface area contributed by atoms with Crippen LogP contribution in [0.15, 0.2) is 54.9 Å². The van der Waals surface area contributed by atoms with Gasteiger partial charge in [-0.15, -0.1) is 0 Å². The summed E-state index contributed by atoms with van der Waals surface area (Å²) in [5.74, 6) is -5.09. The van der Waals surface area contributed by atoms with Crippen LogP contribution < -0.4 is 5.73 Å². The lowest BCUT2D eigenvalue weighted by molar-refractivity contribution is -0.0533. The maximum atomic E-state index is 14.6. The molecule has 0 bridgehead atoms. The molecule has 0 saturated heterocycles. The molecule has 7 rings (SSSR count). The molecule has 2 N–H and O–H groups in total. The van der Waals surface area contributed by atoms with Crippen molar-refractivity contribution in [3.05, 3.63) is 94.1 Å². The van der Waals surface area contributed by atoms with Crippen LogP contribution in [0.5, 0.6) is 0 Å². The van der Waals surface area contributed by atoms with E-state index in [-0.39, 0.29) is 51.4 Å². The summed E-state index contributed by atoms with van der Waals surface area (Å²) in [5.41, 5.74) is 10.6. The Balaban J connectivity index is 1.28. The van der Waals surface area contributed by atoms with Crippen LogP contribution in [0.1, 0.15) is 133 Å². The molecule has 1 aromatic carbocycles. The second kappa shape index (κ2) is 11.2. The lowest BCUT2D eigenvalue weighted by Gasteiger charge is -2.43. The monoisotopic (exact) mass is 619 g/mol. The van der Waals surface area contributed by atoms with Crippen molar-refractivity contribution < 1.29 is 22.4 Å². The van der Waals surface area contributed by atoms with Crippen LogP contribution >= 0.6 is 0 Å². The number of amides is 1. The number of halogens is 4. The molecule has 4 fully saturated rings. The number of pyridine rings is 2. The minimum atomic E-state index is -2.74. The highest BCUT2D eigenvalue weighted by molar-refractivity contribution is 5.94. The van der Waals surface area contributed by atoms with Crippen molar-refractivity contribution in [2.45, 2.75) is 124 Å². The topological polar surface area (TPSA) is 68.9 Å². The number of alkyl halides is 4. The third-order valence-corrected chi connectivity index (χ3v) is 11.2. The molecule has 0 atom stereocenters. The number of nitrogens with two attached hydrogens (primary N) is 1. The highest BCUT2D eigenvalue weighted by Crippen LogP contribution is 2.51. The van der Waals surface area contributed by atoms with Gasteiger partial charge < -0.3 is 5.73 Å². The lowest BCUT2D eigenvalue weighted by atomic mass is 9.62. The molecule has 8 heteroatoms. The number of hydrogen-bond donors (Lipinski definition) is 1. The van der Waals surface area contributed by atoms with Crippen molar-refractivity contribution in [1.82, 2.24) is 9.97 Å². The standard InChI is InChI=1S/C37H41F4N3O/c38-36(39)16-12-34(13-17-36,27-8-10-31(43-22-27)24-4-5-24)20-26-2-1-3-29(33(42)45)30(26)21-35(14-18-37(40,41)19-15-35)28-9-11-32(44-23-28)25-6-7-25/h1-3,8-11,22-25H,4-7,12-21H2,(H2,42,45). The second-order valence-electron chi connectivity index (χ2n) is 14.4. The lowest BCUT2D eigenvalue weighted by Crippen LogP contribution is -2.40. The first-order valence-corrected chi connectivity index (χ1v) is 16.6. The Morgan fingerprint density at radius 1 is 0.667 bits per heavy atom. The van der Waals surface area contributed by atoms with Gasteiger partial charge >= 0.3 is 0 Å². The molecule has 1 amide bonds. The zero-order valence-corrected chi connectivity index (χ0v) is 25.6. The highest BCUT2D eigenvalue weighted by atomic mass is 19.3. The zero-order chi connectivity index (χ0) is 31.5. The molecular formula is C37H41F4N3O. The Kier molecular flexibility index (Phi) is 7.56. The van der Waals surface area contributed by atoms with Gasteiger partial charge in [0.25, 0.3) is 0 Å². The molecule has 238 valence electrons. The van der Waals surface area contributed by atoms with E-state index < -0.39 is 28.6 Å². The first kappa shape index (κ1) is 30.4. The quantitative estimate of drug-likeness (QED) is 0.244. The molecule has 4 saturated carbocycles. The van der Waals surface area contributed by atoms with E-state index in [0.29, 0.717) is 30.2 Å². The SMILES string of the molecule is NC(=O)c1cccc(CC2(c3ccc(C4CC4)nc3)CCC(F)(F)CC2)c1CC1(c2ccc(C3CC3)nc2)CCC(F)(F)CC1. The van der Waals surface area contributed by atoms with Crippen molar-refractivity contribution in [3.63, 3.8) is 0 Å². The van der Waals surface area contributed by atoms with E-state index in [1.807, 2.05) is 36.7 Å². The largest absolute Gasteiger partial charge is 0.366 e. The number of primary amides is 1. The third kappa shape index (κ3) is 6.26. The zero-order valence-electron chi connectivity index (χ0n) is 25.6. The predicted molar refractivity (Wildman–Crippen MR) is 165 cm³/mol. The molecule has 2 heterocycles. The fraction of sp³-hybridized carbons (Fsp3) is 0.541. The fourth-order valence-corrected chi connectivity index (χ4v) is 7.95. The second-order valence-corrected chi connectivity index (χ2v) is 14.4. The van der Waals surface area contributed by atoms with E-state index in [1.165, 1.54) is 0 Å². The summed E-state index contributed by atoms with van der Waals surface area (Å²) in [6, 6.07) is 13.6. The van der Waals surface area contributed by atoms with Gasteiger partial charge in [0.05, 0.1) is 0 Å². The average Bonchev–Trinajstić information content (AvgIpc) is 3.94. The summed E-state index contributed by atoms with van der Waals surface area (Å²) in [6.07, 6.45) is 9.13. The number of nitrogens with zero attached hydrogens (tertiary/aromatic N) is 2. The van der Waals surface area contributed by atoms with Crippen LogP contribution in [0.25, 0.3) is 0 Å². The van der Waals surface area contributed by atoms with Crippen LogP contribution in [-0.4, -0.2) is 27.7 Å². The summed E-state index contributed by atoms with van der Waals surface area (Å²) < 4.78 is 58.4.